The second kappa shape index (κ2) is 5.10. The van der Waals surface area contributed by atoms with Crippen LogP contribution in [0.3, 0.4) is 0 Å². The van der Waals surface area contributed by atoms with Gasteiger partial charge in [0.05, 0.1) is 12.0 Å². The van der Waals surface area contributed by atoms with Gasteiger partial charge < -0.3 is 15.2 Å². The molecule has 0 spiro atoms. The molecule has 0 bridgehead atoms. The lowest BCUT2D eigenvalue weighted by Gasteiger charge is -2.20. The third kappa shape index (κ3) is 4.14. The molecule has 1 aliphatic carbocycles. The fourth-order valence-corrected chi connectivity index (χ4v) is 1.65. The van der Waals surface area contributed by atoms with Crippen LogP contribution in [0.5, 0.6) is 0 Å². The Morgan fingerprint density at radius 2 is 2.22 bits per heavy atom. The lowest BCUT2D eigenvalue weighted by molar-refractivity contribution is -0.121. The molecule has 1 aliphatic rings. The molecule has 1 saturated carbocycles. The smallest absolute Gasteiger partial charge is 0.240 e. The van der Waals surface area contributed by atoms with Gasteiger partial charge in [0.2, 0.25) is 5.91 Å². The first-order chi connectivity index (χ1) is 8.44. The number of rotatable bonds is 5. The Kier molecular flexibility index (Phi) is 3.71. The standard InChI is InChI=1S/C13H22N4O/c1-13(2,3)15-7-11-6-14-9-17(11)8-12(18)16-10-4-5-10/h6,9-10,15H,4-5,7-8H2,1-3H3,(H,16,18). The van der Waals surface area contributed by atoms with Crippen molar-refractivity contribution in [2.75, 3.05) is 0 Å². The summed E-state index contributed by atoms with van der Waals surface area (Å²) in [6.07, 6.45) is 5.76. The van der Waals surface area contributed by atoms with Crippen molar-refractivity contribution in [1.29, 1.82) is 0 Å². The minimum absolute atomic E-state index is 0.0609. The largest absolute Gasteiger partial charge is 0.352 e. The third-order valence-electron chi connectivity index (χ3n) is 2.85. The number of imidazole rings is 1. The summed E-state index contributed by atoms with van der Waals surface area (Å²) in [5.74, 6) is 0.0764. The van der Waals surface area contributed by atoms with E-state index in [-0.39, 0.29) is 11.4 Å². The Morgan fingerprint density at radius 1 is 1.50 bits per heavy atom. The highest BCUT2D eigenvalue weighted by Gasteiger charge is 2.23. The zero-order valence-corrected chi connectivity index (χ0v) is 11.4. The molecule has 1 heterocycles. The van der Waals surface area contributed by atoms with Gasteiger partial charge in [-0.2, -0.15) is 0 Å². The average Bonchev–Trinajstić information content (AvgIpc) is 2.93. The first kappa shape index (κ1) is 13.1. The highest BCUT2D eigenvalue weighted by molar-refractivity contribution is 5.76. The fraction of sp³-hybridized carbons (Fsp3) is 0.692. The van der Waals surface area contributed by atoms with Gasteiger partial charge in [0.1, 0.15) is 6.54 Å². The molecular formula is C13H22N4O. The van der Waals surface area contributed by atoms with Crippen molar-refractivity contribution in [3.63, 3.8) is 0 Å². The zero-order valence-electron chi connectivity index (χ0n) is 11.4. The van der Waals surface area contributed by atoms with Crippen LogP contribution in [0.25, 0.3) is 0 Å². The number of nitrogens with one attached hydrogen (secondary N) is 2. The van der Waals surface area contributed by atoms with E-state index in [1.165, 1.54) is 0 Å². The van der Waals surface area contributed by atoms with Crippen molar-refractivity contribution < 1.29 is 4.79 Å². The predicted molar refractivity (Wildman–Crippen MR) is 70.0 cm³/mol. The average molecular weight is 250 g/mol. The summed E-state index contributed by atoms with van der Waals surface area (Å²) < 4.78 is 1.90. The van der Waals surface area contributed by atoms with Crippen LogP contribution in [-0.4, -0.2) is 27.0 Å². The van der Waals surface area contributed by atoms with E-state index in [9.17, 15) is 4.79 Å². The molecule has 2 rings (SSSR count). The van der Waals surface area contributed by atoms with Crippen molar-refractivity contribution in [2.45, 2.75) is 58.3 Å². The summed E-state index contributed by atoms with van der Waals surface area (Å²) in [5, 5.41) is 6.38. The Hall–Kier alpha value is -1.36. The molecule has 0 aliphatic heterocycles. The maximum absolute atomic E-state index is 11.7. The summed E-state index contributed by atoms with van der Waals surface area (Å²) in [5.41, 5.74) is 1.10. The molecule has 2 N–H and O–H groups in total. The summed E-state index contributed by atoms with van der Waals surface area (Å²) >= 11 is 0. The third-order valence-corrected chi connectivity index (χ3v) is 2.85. The molecule has 5 heteroatoms. The lowest BCUT2D eigenvalue weighted by atomic mass is 10.1. The van der Waals surface area contributed by atoms with E-state index in [1.54, 1.807) is 6.33 Å². The quantitative estimate of drug-likeness (QED) is 0.821. The molecule has 1 fully saturated rings. The van der Waals surface area contributed by atoms with Crippen molar-refractivity contribution in [3.05, 3.63) is 18.2 Å². The second-order valence-corrected chi connectivity index (χ2v) is 5.96. The molecule has 1 amide bonds. The van der Waals surface area contributed by atoms with Crippen molar-refractivity contribution >= 4 is 5.91 Å². The van der Waals surface area contributed by atoms with Gasteiger partial charge >= 0.3 is 0 Å². The van der Waals surface area contributed by atoms with Crippen molar-refractivity contribution in [3.8, 4) is 0 Å². The van der Waals surface area contributed by atoms with Crippen LogP contribution in [0.15, 0.2) is 12.5 Å². The van der Waals surface area contributed by atoms with E-state index >= 15 is 0 Å². The topological polar surface area (TPSA) is 59.0 Å². The van der Waals surface area contributed by atoms with Gasteiger partial charge in [-0.15, -0.1) is 0 Å². The maximum atomic E-state index is 11.7. The van der Waals surface area contributed by atoms with E-state index in [0.29, 0.717) is 12.6 Å². The first-order valence-corrected chi connectivity index (χ1v) is 6.47. The SMILES string of the molecule is CC(C)(C)NCc1cncn1CC(=O)NC1CC1. The van der Waals surface area contributed by atoms with E-state index < -0.39 is 0 Å². The van der Waals surface area contributed by atoms with Crippen LogP contribution < -0.4 is 10.6 Å². The van der Waals surface area contributed by atoms with Gasteiger partial charge in [-0.05, 0) is 33.6 Å². The minimum atomic E-state index is 0.0609. The van der Waals surface area contributed by atoms with Gasteiger partial charge in [0, 0.05) is 24.3 Å². The number of nitrogens with zero attached hydrogens (tertiary/aromatic N) is 2. The minimum Gasteiger partial charge on any atom is -0.352 e. The van der Waals surface area contributed by atoms with E-state index in [0.717, 1.165) is 25.1 Å². The Bertz CT molecular complexity index is 415. The Morgan fingerprint density at radius 3 is 2.83 bits per heavy atom. The molecule has 1 aromatic heterocycles. The summed E-state index contributed by atoms with van der Waals surface area (Å²) in [6, 6.07) is 0.414. The maximum Gasteiger partial charge on any atom is 0.240 e. The summed E-state index contributed by atoms with van der Waals surface area (Å²) in [7, 11) is 0. The summed E-state index contributed by atoms with van der Waals surface area (Å²) in [4.78, 5) is 15.8. The normalized spacial score (nSPS) is 15.7. The van der Waals surface area contributed by atoms with E-state index in [1.807, 2.05) is 10.8 Å². The molecule has 0 aromatic carbocycles. The van der Waals surface area contributed by atoms with Crippen LogP contribution in [0, 0.1) is 0 Å². The highest BCUT2D eigenvalue weighted by atomic mass is 16.2. The molecule has 100 valence electrons. The zero-order chi connectivity index (χ0) is 13.2. The molecule has 0 atom stereocenters. The number of amides is 1. The molecule has 5 nitrogen and oxygen atoms in total. The number of hydrogen-bond acceptors (Lipinski definition) is 3. The number of carbonyl (C=O) groups is 1. The molecule has 18 heavy (non-hydrogen) atoms. The van der Waals surface area contributed by atoms with Gasteiger partial charge in [-0.25, -0.2) is 4.98 Å². The number of hydrogen-bond donors (Lipinski definition) is 2. The van der Waals surface area contributed by atoms with Crippen LogP contribution in [0.1, 0.15) is 39.3 Å². The molecule has 0 saturated heterocycles. The number of aromatic nitrogens is 2. The molecular weight excluding hydrogens is 228 g/mol. The van der Waals surface area contributed by atoms with E-state index in [4.69, 9.17) is 0 Å². The second-order valence-electron chi connectivity index (χ2n) is 5.96. The summed E-state index contributed by atoms with van der Waals surface area (Å²) in [6.45, 7) is 7.44. The van der Waals surface area contributed by atoms with E-state index in [2.05, 4.69) is 36.4 Å². The highest BCUT2D eigenvalue weighted by Crippen LogP contribution is 2.18. The van der Waals surface area contributed by atoms with Gasteiger partial charge in [0.25, 0.3) is 0 Å². The Balaban J connectivity index is 1.88. The molecule has 0 unspecified atom stereocenters. The van der Waals surface area contributed by atoms with Crippen molar-refractivity contribution in [1.82, 2.24) is 20.2 Å². The van der Waals surface area contributed by atoms with Crippen LogP contribution >= 0.6 is 0 Å². The fourth-order valence-electron chi connectivity index (χ4n) is 1.65. The van der Waals surface area contributed by atoms with Crippen molar-refractivity contribution in [2.24, 2.45) is 0 Å². The predicted octanol–water partition coefficient (Wildman–Crippen LogP) is 1.05. The molecule has 0 radical (unpaired) electrons. The number of carbonyl (C=O) groups excluding carboxylic acids is 1. The first-order valence-electron chi connectivity index (χ1n) is 6.47. The van der Waals surface area contributed by atoms with Crippen LogP contribution in [0.2, 0.25) is 0 Å². The van der Waals surface area contributed by atoms with Gasteiger partial charge in [-0.1, -0.05) is 0 Å². The monoisotopic (exact) mass is 250 g/mol. The van der Waals surface area contributed by atoms with Crippen LogP contribution in [0.4, 0.5) is 0 Å². The Labute approximate surface area is 108 Å². The van der Waals surface area contributed by atoms with Gasteiger partial charge in [0.15, 0.2) is 0 Å². The van der Waals surface area contributed by atoms with Gasteiger partial charge in [-0.3, -0.25) is 4.79 Å². The lowest BCUT2D eigenvalue weighted by Crippen LogP contribution is -2.36. The molecule has 1 aromatic rings. The van der Waals surface area contributed by atoms with Crippen LogP contribution in [-0.2, 0) is 17.9 Å².